The summed E-state index contributed by atoms with van der Waals surface area (Å²) in [7, 11) is 0. The molecule has 1 aromatic heterocycles. The van der Waals surface area contributed by atoms with Crippen LogP contribution in [0.3, 0.4) is 0 Å². The first kappa shape index (κ1) is 14.4. The normalized spacial score (nSPS) is 14.7. The smallest absolute Gasteiger partial charge is 0.276 e. The number of piperidine rings is 1. The summed E-state index contributed by atoms with van der Waals surface area (Å²) in [4.78, 5) is 14.2. The van der Waals surface area contributed by atoms with Crippen LogP contribution in [-0.2, 0) is 0 Å². The number of carbonyl (C=O) groups is 1. The first-order chi connectivity index (χ1) is 10.7. The molecular formula is C16H17FN4O. The zero-order valence-corrected chi connectivity index (χ0v) is 12.1. The number of aromatic nitrogens is 2. The molecule has 1 aliphatic rings. The van der Waals surface area contributed by atoms with Crippen LogP contribution in [-0.4, -0.2) is 29.2 Å². The molecule has 1 aliphatic heterocycles. The fourth-order valence-electron chi connectivity index (χ4n) is 2.49. The standard InChI is InChI=1S/C16H17FN4O/c17-12-6-2-3-7-13(12)18-16(22)14-8-9-15(20-19-14)21-10-4-1-5-11-21/h2-3,6-9H,1,4-5,10-11H2,(H,18,22). The van der Waals surface area contributed by atoms with E-state index >= 15 is 0 Å². The van der Waals surface area contributed by atoms with Gasteiger partial charge in [-0.15, -0.1) is 10.2 Å². The SMILES string of the molecule is O=C(Nc1ccccc1F)c1ccc(N2CCCCC2)nn1. The average molecular weight is 300 g/mol. The maximum Gasteiger partial charge on any atom is 0.276 e. The molecule has 0 saturated carbocycles. The van der Waals surface area contributed by atoms with Crippen molar-refractivity contribution in [3.63, 3.8) is 0 Å². The van der Waals surface area contributed by atoms with Crippen molar-refractivity contribution in [1.29, 1.82) is 0 Å². The third-order valence-electron chi connectivity index (χ3n) is 3.69. The van der Waals surface area contributed by atoms with E-state index in [1.807, 2.05) is 0 Å². The Morgan fingerprint density at radius 1 is 1.05 bits per heavy atom. The van der Waals surface area contributed by atoms with Crippen molar-refractivity contribution in [2.24, 2.45) is 0 Å². The van der Waals surface area contributed by atoms with Gasteiger partial charge >= 0.3 is 0 Å². The molecular weight excluding hydrogens is 283 g/mol. The molecule has 114 valence electrons. The first-order valence-corrected chi connectivity index (χ1v) is 7.38. The van der Waals surface area contributed by atoms with Crippen molar-refractivity contribution in [1.82, 2.24) is 10.2 Å². The van der Waals surface area contributed by atoms with Gasteiger partial charge in [0.25, 0.3) is 5.91 Å². The Morgan fingerprint density at radius 2 is 1.82 bits per heavy atom. The summed E-state index contributed by atoms with van der Waals surface area (Å²) < 4.78 is 13.5. The molecule has 3 rings (SSSR count). The predicted molar refractivity (Wildman–Crippen MR) is 82.4 cm³/mol. The fraction of sp³-hybridized carbons (Fsp3) is 0.312. The molecule has 6 heteroatoms. The van der Waals surface area contributed by atoms with Crippen molar-refractivity contribution in [2.75, 3.05) is 23.3 Å². The van der Waals surface area contributed by atoms with Gasteiger partial charge in [0.1, 0.15) is 5.82 Å². The van der Waals surface area contributed by atoms with E-state index in [4.69, 9.17) is 0 Å². The molecule has 1 N–H and O–H groups in total. The van der Waals surface area contributed by atoms with E-state index in [2.05, 4.69) is 20.4 Å². The minimum atomic E-state index is -0.478. The lowest BCUT2D eigenvalue weighted by molar-refractivity contribution is 0.102. The van der Waals surface area contributed by atoms with Gasteiger partial charge in [-0.3, -0.25) is 4.79 Å². The Morgan fingerprint density at radius 3 is 2.50 bits per heavy atom. The van der Waals surface area contributed by atoms with Crippen molar-refractivity contribution in [2.45, 2.75) is 19.3 Å². The van der Waals surface area contributed by atoms with Crippen molar-refractivity contribution >= 4 is 17.4 Å². The van der Waals surface area contributed by atoms with Gasteiger partial charge in [0.15, 0.2) is 11.5 Å². The summed E-state index contributed by atoms with van der Waals surface area (Å²) in [5.74, 6) is -0.168. The van der Waals surface area contributed by atoms with Crippen LogP contribution in [0.15, 0.2) is 36.4 Å². The minimum Gasteiger partial charge on any atom is -0.355 e. The highest BCUT2D eigenvalue weighted by Crippen LogP contribution is 2.17. The second-order valence-corrected chi connectivity index (χ2v) is 5.26. The van der Waals surface area contributed by atoms with Crippen LogP contribution in [0.1, 0.15) is 29.8 Å². The molecule has 0 atom stereocenters. The van der Waals surface area contributed by atoms with Crippen LogP contribution in [0.25, 0.3) is 0 Å². The number of benzene rings is 1. The lowest BCUT2D eigenvalue weighted by Crippen LogP contribution is -2.30. The quantitative estimate of drug-likeness (QED) is 0.947. The Bertz CT molecular complexity index is 653. The van der Waals surface area contributed by atoms with E-state index in [-0.39, 0.29) is 11.4 Å². The van der Waals surface area contributed by atoms with Gasteiger partial charge in [0, 0.05) is 13.1 Å². The number of nitrogens with one attached hydrogen (secondary N) is 1. The van der Waals surface area contributed by atoms with Crippen LogP contribution < -0.4 is 10.2 Å². The maximum absolute atomic E-state index is 13.5. The Labute approximate surface area is 128 Å². The topological polar surface area (TPSA) is 58.1 Å². The number of nitrogens with zero attached hydrogens (tertiary/aromatic N) is 3. The largest absolute Gasteiger partial charge is 0.355 e. The Kier molecular flexibility index (Phi) is 4.27. The molecule has 1 amide bonds. The number of hydrogen-bond acceptors (Lipinski definition) is 4. The molecule has 2 aromatic rings. The number of amides is 1. The van der Waals surface area contributed by atoms with E-state index in [0.29, 0.717) is 0 Å². The van der Waals surface area contributed by atoms with Crippen LogP contribution >= 0.6 is 0 Å². The van der Waals surface area contributed by atoms with E-state index < -0.39 is 11.7 Å². The number of para-hydroxylation sites is 1. The molecule has 22 heavy (non-hydrogen) atoms. The zero-order valence-electron chi connectivity index (χ0n) is 12.1. The monoisotopic (exact) mass is 300 g/mol. The summed E-state index contributed by atoms with van der Waals surface area (Å²) in [6, 6.07) is 9.42. The Hall–Kier alpha value is -2.50. The van der Waals surface area contributed by atoms with Crippen LogP contribution in [0.4, 0.5) is 15.9 Å². The summed E-state index contributed by atoms with van der Waals surface area (Å²) in [6.45, 7) is 1.94. The van der Waals surface area contributed by atoms with Gasteiger partial charge in [-0.1, -0.05) is 12.1 Å². The van der Waals surface area contributed by atoms with Gasteiger partial charge in [-0.2, -0.15) is 0 Å². The van der Waals surface area contributed by atoms with Gasteiger partial charge in [0.2, 0.25) is 0 Å². The molecule has 0 radical (unpaired) electrons. The zero-order chi connectivity index (χ0) is 15.4. The molecule has 1 fully saturated rings. The fourth-order valence-corrected chi connectivity index (χ4v) is 2.49. The summed E-state index contributed by atoms with van der Waals surface area (Å²) in [5, 5.41) is 10.6. The van der Waals surface area contributed by atoms with Gasteiger partial charge in [-0.25, -0.2) is 4.39 Å². The highest BCUT2D eigenvalue weighted by molar-refractivity contribution is 6.02. The lowest BCUT2D eigenvalue weighted by Gasteiger charge is -2.27. The number of anilines is 2. The molecule has 2 heterocycles. The molecule has 0 aliphatic carbocycles. The van der Waals surface area contributed by atoms with Crippen molar-refractivity contribution in [3.05, 3.63) is 47.9 Å². The second kappa shape index (κ2) is 6.51. The molecule has 0 spiro atoms. The summed E-state index contributed by atoms with van der Waals surface area (Å²) >= 11 is 0. The third-order valence-corrected chi connectivity index (χ3v) is 3.69. The highest BCUT2D eigenvalue weighted by atomic mass is 19.1. The highest BCUT2D eigenvalue weighted by Gasteiger charge is 2.15. The number of hydrogen-bond donors (Lipinski definition) is 1. The summed E-state index contributed by atoms with van der Waals surface area (Å²) in [5.41, 5.74) is 0.304. The van der Waals surface area contributed by atoms with E-state index in [0.717, 1.165) is 31.7 Å². The molecule has 1 saturated heterocycles. The van der Waals surface area contributed by atoms with E-state index in [9.17, 15) is 9.18 Å². The van der Waals surface area contributed by atoms with Gasteiger partial charge in [-0.05, 0) is 43.5 Å². The second-order valence-electron chi connectivity index (χ2n) is 5.26. The van der Waals surface area contributed by atoms with Crippen molar-refractivity contribution < 1.29 is 9.18 Å². The molecule has 1 aromatic carbocycles. The van der Waals surface area contributed by atoms with Gasteiger partial charge < -0.3 is 10.2 Å². The number of halogens is 1. The van der Waals surface area contributed by atoms with E-state index in [1.165, 1.54) is 18.6 Å². The summed E-state index contributed by atoms with van der Waals surface area (Å²) in [6.07, 6.45) is 3.54. The molecule has 5 nitrogen and oxygen atoms in total. The predicted octanol–water partition coefficient (Wildman–Crippen LogP) is 2.86. The first-order valence-electron chi connectivity index (χ1n) is 7.38. The average Bonchev–Trinajstić information content (AvgIpc) is 2.58. The molecule has 0 unspecified atom stereocenters. The lowest BCUT2D eigenvalue weighted by atomic mass is 10.1. The Balaban J connectivity index is 1.69. The third kappa shape index (κ3) is 3.21. The van der Waals surface area contributed by atoms with Crippen LogP contribution in [0.5, 0.6) is 0 Å². The van der Waals surface area contributed by atoms with Gasteiger partial charge in [0.05, 0.1) is 5.69 Å². The van der Waals surface area contributed by atoms with E-state index in [1.54, 1.807) is 24.3 Å². The van der Waals surface area contributed by atoms with Crippen LogP contribution in [0.2, 0.25) is 0 Å². The van der Waals surface area contributed by atoms with Crippen LogP contribution in [0, 0.1) is 5.82 Å². The minimum absolute atomic E-state index is 0.134. The van der Waals surface area contributed by atoms with Crippen molar-refractivity contribution in [3.8, 4) is 0 Å². The number of rotatable bonds is 3. The molecule has 0 bridgehead atoms. The number of carbonyl (C=O) groups excluding carboxylic acids is 1. The maximum atomic E-state index is 13.5.